The van der Waals surface area contributed by atoms with Crippen molar-refractivity contribution in [1.82, 2.24) is 0 Å². The van der Waals surface area contributed by atoms with E-state index in [0.717, 1.165) is 11.1 Å². The van der Waals surface area contributed by atoms with Crippen molar-refractivity contribution in [2.24, 2.45) is 0 Å². The summed E-state index contributed by atoms with van der Waals surface area (Å²) in [5.41, 5.74) is 2.20. The topological polar surface area (TPSA) is 47.9 Å². The van der Waals surface area contributed by atoms with Gasteiger partial charge >= 0.3 is 0 Å². The Hall–Kier alpha value is -1.72. The quantitative estimate of drug-likeness (QED) is 0.884. The van der Waals surface area contributed by atoms with Crippen LogP contribution in [-0.2, 0) is 27.4 Å². The summed E-state index contributed by atoms with van der Waals surface area (Å²) in [6, 6.07) is 20.0. The third-order valence-corrected chi connectivity index (χ3v) is 4.27. The molecule has 4 nitrogen and oxygen atoms in total. The summed E-state index contributed by atoms with van der Waals surface area (Å²) in [5, 5.41) is 10.1. The molecular weight excluding hydrogens is 304 g/mol. The molecule has 0 bridgehead atoms. The maximum atomic E-state index is 10.1. The second kappa shape index (κ2) is 8.40. The highest BCUT2D eigenvalue weighted by Gasteiger charge is 2.36. The second-order valence-electron chi connectivity index (χ2n) is 6.14. The smallest absolute Gasteiger partial charge is 0.181 e. The maximum Gasteiger partial charge on any atom is 0.181 e. The van der Waals surface area contributed by atoms with E-state index in [9.17, 15) is 5.11 Å². The van der Waals surface area contributed by atoms with Gasteiger partial charge in [-0.05, 0) is 18.1 Å². The van der Waals surface area contributed by atoms with E-state index in [2.05, 4.69) is 0 Å². The van der Waals surface area contributed by atoms with Crippen molar-refractivity contribution in [1.29, 1.82) is 0 Å². The summed E-state index contributed by atoms with van der Waals surface area (Å²) in [6.07, 6.45) is -0.959. The summed E-state index contributed by atoms with van der Waals surface area (Å²) < 4.78 is 17.4. The predicted molar refractivity (Wildman–Crippen MR) is 91.2 cm³/mol. The minimum Gasteiger partial charge on any atom is -0.371 e. The van der Waals surface area contributed by atoms with Crippen LogP contribution in [0.1, 0.15) is 24.5 Å². The van der Waals surface area contributed by atoms with E-state index in [-0.39, 0.29) is 18.3 Å². The van der Waals surface area contributed by atoms with Crippen LogP contribution in [0.4, 0.5) is 0 Å². The molecular formula is C20H24O4. The maximum absolute atomic E-state index is 10.1. The van der Waals surface area contributed by atoms with Crippen molar-refractivity contribution in [3.8, 4) is 0 Å². The first kappa shape index (κ1) is 17.1. The fourth-order valence-electron chi connectivity index (χ4n) is 2.84. The van der Waals surface area contributed by atoms with E-state index >= 15 is 0 Å². The number of aliphatic hydroxyl groups is 1. The van der Waals surface area contributed by atoms with Crippen molar-refractivity contribution in [3.63, 3.8) is 0 Å². The number of aliphatic hydroxyl groups excluding tert-OH is 1. The van der Waals surface area contributed by atoms with Crippen molar-refractivity contribution >= 4 is 0 Å². The number of hydrogen-bond donors (Lipinski definition) is 1. The van der Waals surface area contributed by atoms with Crippen LogP contribution < -0.4 is 0 Å². The minimum atomic E-state index is -0.916. The zero-order chi connectivity index (χ0) is 16.8. The van der Waals surface area contributed by atoms with E-state index in [4.69, 9.17) is 14.2 Å². The summed E-state index contributed by atoms with van der Waals surface area (Å²) in [6.45, 7) is 2.90. The highest BCUT2D eigenvalue weighted by Crippen LogP contribution is 2.25. The van der Waals surface area contributed by atoms with Gasteiger partial charge in [-0.3, -0.25) is 0 Å². The minimum absolute atomic E-state index is 0.102. The third-order valence-electron chi connectivity index (χ3n) is 4.27. The van der Waals surface area contributed by atoms with Gasteiger partial charge in [0, 0.05) is 6.42 Å². The van der Waals surface area contributed by atoms with E-state index in [1.807, 2.05) is 67.6 Å². The van der Waals surface area contributed by atoms with Crippen molar-refractivity contribution in [3.05, 3.63) is 71.8 Å². The van der Waals surface area contributed by atoms with Crippen LogP contribution in [0.25, 0.3) is 0 Å². The van der Waals surface area contributed by atoms with Gasteiger partial charge in [0.2, 0.25) is 0 Å². The van der Waals surface area contributed by atoms with Gasteiger partial charge in [0.1, 0.15) is 6.10 Å². The fourth-order valence-corrected chi connectivity index (χ4v) is 2.84. The van der Waals surface area contributed by atoms with Gasteiger partial charge in [-0.25, -0.2) is 0 Å². The summed E-state index contributed by atoms with van der Waals surface area (Å²) in [5.74, 6) is 0. The summed E-state index contributed by atoms with van der Waals surface area (Å²) in [4.78, 5) is 0. The molecule has 128 valence electrons. The lowest BCUT2D eigenvalue weighted by Crippen LogP contribution is -2.48. The van der Waals surface area contributed by atoms with Crippen LogP contribution in [0.5, 0.6) is 0 Å². The van der Waals surface area contributed by atoms with Crippen LogP contribution in [0.3, 0.4) is 0 Å². The van der Waals surface area contributed by atoms with Crippen LogP contribution in [0.15, 0.2) is 60.7 Å². The van der Waals surface area contributed by atoms with E-state index in [1.54, 1.807) is 0 Å². The van der Waals surface area contributed by atoms with E-state index in [1.165, 1.54) is 0 Å². The molecule has 0 amide bonds. The van der Waals surface area contributed by atoms with Crippen LogP contribution >= 0.6 is 0 Å². The standard InChI is InChI=1S/C20H24O4/c1-15-18(22-13-16-8-4-2-5-9-16)12-19(20(21)24-15)23-14-17-10-6-3-7-11-17/h2-11,15,18-21H,12-14H2,1H3/t15-,18+,19-,20+/m1/s1. The van der Waals surface area contributed by atoms with E-state index in [0.29, 0.717) is 19.6 Å². The summed E-state index contributed by atoms with van der Waals surface area (Å²) >= 11 is 0. The highest BCUT2D eigenvalue weighted by atomic mass is 16.7. The molecule has 0 aromatic heterocycles. The fraction of sp³-hybridized carbons (Fsp3) is 0.400. The molecule has 4 heteroatoms. The Morgan fingerprint density at radius 1 is 0.875 bits per heavy atom. The highest BCUT2D eigenvalue weighted by molar-refractivity contribution is 5.14. The molecule has 0 unspecified atom stereocenters. The molecule has 2 aromatic carbocycles. The first-order valence-electron chi connectivity index (χ1n) is 8.37. The number of ether oxygens (including phenoxy) is 3. The molecule has 1 heterocycles. The monoisotopic (exact) mass is 328 g/mol. The van der Waals surface area contributed by atoms with Gasteiger partial charge < -0.3 is 19.3 Å². The van der Waals surface area contributed by atoms with Gasteiger partial charge in [0.25, 0.3) is 0 Å². The average molecular weight is 328 g/mol. The molecule has 1 saturated heterocycles. The Labute approximate surface area is 143 Å². The van der Waals surface area contributed by atoms with Crippen molar-refractivity contribution in [2.45, 2.75) is 51.2 Å². The molecule has 1 N–H and O–H groups in total. The van der Waals surface area contributed by atoms with Crippen LogP contribution in [0.2, 0.25) is 0 Å². The molecule has 1 fully saturated rings. The lowest BCUT2D eigenvalue weighted by molar-refractivity contribution is -0.262. The number of rotatable bonds is 6. The van der Waals surface area contributed by atoms with Gasteiger partial charge in [-0.2, -0.15) is 0 Å². The molecule has 0 spiro atoms. The molecule has 4 atom stereocenters. The Balaban J connectivity index is 1.53. The van der Waals surface area contributed by atoms with Crippen molar-refractivity contribution in [2.75, 3.05) is 0 Å². The molecule has 2 aromatic rings. The summed E-state index contributed by atoms with van der Waals surface area (Å²) in [7, 11) is 0. The van der Waals surface area contributed by atoms with Gasteiger partial charge in [-0.15, -0.1) is 0 Å². The lowest BCUT2D eigenvalue weighted by Gasteiger charge is -2.37. The largest absolute Gasteiger partial charge is 0.371 e. The normalized spacial score (nSPS) is 27.1. The predicted octanol–water partition coefficient (Wildman–Crippen LogP) is 3.28. The van der Waals surface area contributed by atoms with Crippen LogP contribution in [-0.4, -0.2) is 29.7 Å². The van der Waals surface area contributed by atoms with Gasteiger partial charge in [0.05, 0.1) is 25.4 Å². The Morgan fingerprint density at radius 3 is 1.92 bits per heavy atom. The molecule has 24 heavy (non-hydrogen) atoms. The first-order chi connectivity index (χ1) is 11.7. The SMILES string of the molecule is C[C@H]1O[C@H](O)[C@H](OCc2ccccc2)C[C@@H]1OCc1ccccc1. The molecule has 3 rings (SSSR count). The Kier molecular flexibility index (Phi) is 5.99. The van der Waals surface area contributed by atoms with Gasteiger partial charge in [-0.1, -0.05) is 60.7 Å². The zero-order valence-electron chi connectivity index (χ0n) is 13.9. The third kappa shape index (κ3) is 4.65. The zero-order valence-corrected chi connectivity index (χ0v) is 13.9. The lowest BCUT2D eigenvalue weighted by atomic mass is 10.0. The molecule has 1 aliphatic rings. The first-order valence-corrected chi connectivity index (χ1v) is 8.37. The number of hydrogen-bond acceptors (Lipinski definition) is 4. The molecule has 0 aliphatic carbocycles. The molecule has 0 saturated carbocycles. The molecule has 1 aliphatic heterocycles. The Bertz CT molecular complexity index is 548. The van der Waals surface area contributed by atoms with Gasteiger partial charge in [0.15, 0.2) is 6.29 Å². The van der Waals surface area contributed by atoms with Crippen LogP contribution in [0, 0.1) is 0 Å². The average Bonchev–Trinajstić information content (AvgIpc) is 2.62. The van der Waals surface area contributed by atoms with Crippen molar-refractivity contribution < 1.29 is 19.3 Å². The second-order valence-corrected chi connectivity index (χ2v) is 6.14. The Morgan fingerprint density at radius 2 is 1.38 bits per heavy atom. The number of benzene rings is 2. The van der Waals surface area contributed by atoms with E-state index < -0.39 is 6.29 Å². The molecule has 0 radical (unpaired) electrons.